The Kier molecular flexibility index (Phi) is 7.38. The number of benzene rings is 3. The Morgan fingerprint density at radius 3 is 2.33 bits per heavy atom. The molecule has 1 aliphatic rings. The number of aromatic nitrogens is 2. The fraction of sp³-hybridized carbons (Fsp3) is 0.214. The summed E-state index contributed by atoms with van der Waals surface area (Å²) in [6.45, 7) is 2.77. The predicted octanol–water partition coefficient (Wildman–Crippen LogP) is 5.11. The van der Waals surface area contributed by atoms with Gasteiger partial charge >= 0.3 is 0 Å². The highest BCUT2D eigenvalue weighted by atomic mass is 35.5. The van der Waals surface area contributed by atoms with Crippen LogP contribution in [0, 0.1) is 0 Å². The van der Waals surface area contributed by atoms with E-state index in [1.54, 1.807) is 12.1 Å². The van der Waals surface area contributed by atoms with Gasteiger partial charge in [0, 0.05) is 24.7 Å². The number of fused-ring (bicyclic) bond motifs is 1. The summed E-state index contributed by atoms with van der Waals surface area (Å²) in [7, 11) is 0. The zero-order chi connectivity index (χ0) is 24.7. The molecule has 1 N–H and O–H groups in total. The number of imidazole rings is 1. The van der Waals surface area contributed by atoms with Crippen LogP contribution in [-0.2, 0) is 13.2 Å². The number of carbonyl (C=O) groups excluding carboxylic acids is 1. The number of rotatable bonds is 9. The van der Waals surface area contributed by atoms with Crippen LogP contribution in [0.15, 0.2) is 84.9 Å². The van der Waals surface area contributed by atoms with Gasteiger partial charge in [-0.3, -0.25) is 4.79 Å². The molecule has 1 amide bonds. The summed E-state index contributed by atoms with van der Waals surface area (Å²) < 4.78 is 13.8. The number of amides is 1. The van der Waals surface area contributed by atoms with Crippen molar-refractivity contribution in [2.24, 2.45) is 0 Å². The molecule has 0 fully saturated rings. The molecule has 184 valence electrons. The molecule has 1 aliphatic heterocycles. The standard InChI is InChI=1S/C28H27ClN4O3/c29-22-11-13-24(14-12-22)36-20-25-31-27-26(33(25)19-21-7-3-1-4-8-21)28(34)32(16-15-30-27)17-18-35-23-9-5-2-6-10-23/h1-14,30H,15-20H2. The normalized spacial score (nSPS) is 13.0. The molecule has 0 bridgehead atoms. The number of para-hydroxylation sites is 1. The van der Waals surface area contributed by atoms with Crippen molar-refractivity contribution in [1.82, 2.24) is 14.5 Å². The number of ether oxygens (including phenoxy) is 2. The lowest BCUT2D eigenvalue weighted by Gasteiger charge is -2.22. The monoisotopic (exact) mass is 502 g/mol. The van der Waals surface area contributed by atoms with Crippen molar-refractivity contribution in [3.8, 4) is 11.5 Å². The van der Waals surface area contributed by atoms with Gasteiger partial charge in [0.05, 0.1) is 6.54 Å². The van der Waals surface area contributed by atoms with E-state index in [0.717, 1.165) is 11.3 Å². The van der Waals surface area contributed by atoms with Gasteiger partial charge in [-0.2, -0.15) is 0 Å². The summed E-state index contributed by atoms with van der Waals surface area (Å²) >= 11 is 6.00. The van der Waals surface area contributed by atoms with E-state index in [0.29, 0.717) is 60.9 Å². The number of anilines is 1. The minimum atomic E-state index is -0.0761. The Hall–Kier alpha value is -3.97. The van der Waals surface area contributed by atoms with Crippen LogP contribution in [0.25, 0.3) is 0 Å². The minimum Gasteiger partial charge on any atom is -0.492 e. The van der Waals surface area contributed by atoms with Crippen LogP contribution in [0.3, 0.4) is 0 Å². The lowest BCUT2D eigenvalue weighted by molar-refractivity contribution is 0.0732. The van der Waals surface area contributed by atoms with Gasteiger partial charge in [0.2, 0.25) is 0 Å². The van der Waals surface area contributed by atoms with Gasteiger partial charge in [0.25, 0.3) is 5.91 Å². The first-order valence-corrected chi connectivity index (χ1v) is 12.3. The molecular weight excluding hydrogens is 476 g/mol. The van der Waals surface area contributed by atoms with Gasteiger partial charge < -0.3 is 24.3 Å². The Morgan fingerprint density at radius 1 is 0.889 bits per heavy atom. The number of hydrogen-bond acceptors (Lipinski definition) is 5. The smallest absolute Gasteiger partial charge is 0.274 e. The van der Waals surface area contributed by atoms with Crippen LogP contribution < -0.4 is 14.8 Å². The van der Waals surface area contributed by atoms with Crippen LogP contribution in [0.4, 0.5) is 5.82 Å². The molecular formula is C28H27ClN4O3. The van der Waals surface area contributed by atoms with Gasteiger partial charge in [0.15, 0.2) is 11.5 Å². The third-order valence-corrected chi connectivity index (χ3v) is 6.20. The third-order valence-electron chi connectivity index (χ3n) is 5.95. The van der Waals surface area contributed by atoms with Crippen LogP contribution >= 0.6 is 11.6 Å². The van der Waals surface area contributed by atoms with Gasteiger partial charge in [-0.1, -0.05) is 60.1 Å². The number of nitrogens with zero attached hydrogens (tertiary/aromatic N) is 3. The summed E-state index contributed by atoms with van der Waals surface area (Å²) in [6.07, 6.45) is 0. The van der Waals surface area contributed by atoms with Gasteiger partial charge in [-0.15, -0.1) is 0 Å². The fourth-order valence-corrected chi connectivity index (χ4v) is 4.25. The second-order valence-electron chi connectivity index (χ2n) is 8.42. The van der Waals surface area contributed by atoms with Gasteiger partial charge in [-0.25, -0.2) is 4.98 Å². The minimum absolute atomic E-state index is 0.0761. The first kappa shape index (κ1) is 23.8. The molecule has 0 aliphatic carbocycles. The summed E-state index contributed by atoms with van der Waals surface area (Å²) in [6, 6.07) is 26.8. The SMILES string of the molecule is O=C1c2c(nc(COc3ccc(Cl)cc3)n2Cc2ccccc2)NCCN1CCOc1ccccc1. The first-order chi connectivity index (χ1) is 17.7. The van der Waals surface area contributed by atoms with E-state index < -0.39 is 0 Å². The topological polar surface area (TPSA) is 68.6 Å². The molecule has 0 unspecified atom stereocenters. The van der Waals surface area contributed by atoms with Crippen molar-refractivity contribution in [2.45, 2.75) is 13.2 Å². The molecule has 0 saturated heterocycles. The average molecular weight is 503 g/mol. The van der Waals surface area contributed by atoms with Crippen molar-refractivity contribution in [3.63, 3.8) is 0 Å². The maximum absolute atomic E-state index is 13.7. The van der Waals surface area contributed by atoms with Crippen LogP contribution in [-0.4, -0.2) is 46.6 Å². The number of carbonyl (C=O) groups is 1. The summed E-state index contributed by atoms with van der Waals surface area (Å²) in [5.41, 5.74) is 1.60. The van der Waals surface area contributed by atoms with Crippen molar-refractivity contribution < 1.29 is 14.3 Å². The van der Waals surface area contributed by atoms with Crippen molar-refractivity contribution in [1.29, 1.82) is 0 Å². The van der Waals surface area contributed by atoms with Crippen molar-refractivity contribution >= 4 is 23.3 Å². The molecule has 0 atom stereocenters. The Morgan fingerprint density at radius 2 is 1.58 bits per heavy atom. The largest absolute Gasteiger partial charge is 0.492 e. The molecule has 0 spiro atoms. The van der Waals surface area contributed by atoms with Gasteiger partial charge in [-0.05, 0) is 42.0 Å². The summed E-state index contributed by atoms with van der Waals surface area (Å²) in [5.74, 6) is 2.64. The summed E-state index contributed by atoms with van der Waals surface area (Å²) in [5, 5.41) is 3.98. The molecule has 0 saturated carbocycles. The average Bonchev–Trinajstić information content (AvgIpc) is 3.16. The van der Waals surface area contributed by atoms with Gasteiger partial charge in [0.1, 0.15) is 30.5 Å². The molecule has 3 aromatic carbocycles. The highest BCUT2D eigenvalue weighted by Gasteiger charge is 2.30. The highest BCUT2D eigenvalue weighted by molar-refractivity contribution is 6.30. The Labute approximate surface area is 215 Å². The second-order valence-corrected chi connectivity index (χ2v) is 8.86. The zero-order valence-corrected chi connectivity index (χ0v) is 20.5. The molecule has 7 nitrogen and oxygen atoms in total. The Bertz CT molecular complexity index is 1290. The molecule has 2 heterocycles. The van der Waals surface area contributed by atoms with E-state index in [2.05, 4.69) is 5.32 Å². The van der Waals surface area contributed by atoms with E-state index >= 15 is 0 Å². The molecule has 5 rings (SSSR count). The van der Waals surface area contributed by atoms with E-state index in [4.69, 9.17) is 26.1 Å². The maximum atomic E-state index is 13.7. The Balaban J connectivity index is 1.38. The first-order valence-electron chi connectivity index (χ1n) is 11.9. The molecule has 1 aromatic heterocycles. The number of halogens is 1. The molecule has 36 heavy (non-hydrogen) atoms. The maximum Gasteiger partial charge on any atom is 0.274 e. The summed E-state index contributed by atoms with van der Waals surface area (Å²) in [4.78, 5) is 20.3. The van der Waals surface area contributed by atoms with E-state index in [9.17, 15) is 4.79 Å². The molecule has 4 aromatic rings. The highest BCUT2D eigenvalue weighted by Crippen LogP contribution is 2.25. The predicted molar refractivity (Wildman–Crippen MR) is 140 cm³/mol. The third kappa shape index (κ3) is 5.63. The van der Waals surface area contributed by atoms with Crippen LogP contribution in [0.2, 0.25) is 5.02 Å². The molecule has 8 heteroatoms. The van der Waals surface area contributed by atoms with Crippen LogP contribution in [0.1, 0.15) is 21.9 Å². The van der Waals surface area contributed by atoms with E-state index in [1.165, 1.54) is 0 Å². The van der Waals surface area contributed by atoms with Crippen molar-refractivity contribution in [2.75, 3.05) is 31.6 Å². The van der Waals surface area contributed by atoms with Crippen LogP contribution in [0.5, 0.6) is 11.5 Å². The fourth-order valence-electron chi connectivity index (χ4n) is 4.13. The van der Waals surface area contributed by atoms with E-state index in [-0.39, 0.29) is 12.5 Å². The van der Waals surface area contributed by atoms with Crippen molar-refractivity contribution in [3.05, 3.63) is 107 Å². The molecule has 0 radical (unpaired) electrons. The number of nitrogens with one attached hydrogen (secondary N) is 1. The second kappa shape index (κ2) is 11.2. The number of hydrogen-bond donors (Lipinski definition) is 1. The lowest BCUT2D eigenvalue weighted by atomic mass is 10.2. The van der Waals surface area contributed by atoms with E-state index in [1.807, 2.05) is 82.3 Å². The lowest BCUT2D eigenvalue weighted by Crippen LogP contribution is -2.37. The quantitative estimate of drug-likeness (QED) is 0.344. The zero-order valence-electron chi connectivity index (χ0n) is 19.8.